The number of carbonyl (C=O) groups is 1. The van der Waals surface area contributed by atoms with Crippen molar-refractivity contribution in [3.63, 3.8) is 0 Å². The second-order valence-corrected chi connectivity index (χ2v) is 9.03. The predicted molar refractivity (Wildman–Crippen MR) is 123 cm³/mol. The van der Waals surface area contributed by atoms with Gasteiger partial charge in [-0.1, -0.05) is 6.07 Å². The zero-order valence-electron chi connectivity index (χ0n) is 19.4. The highest BCUT2D eigenvalue weighted by Gasteiger charge is 2.47. The molecule has 0 bridgehead atoms. The Morgan fingerprint density at radius 1 is 1.09 bits per heavy atom. The summed E-state index contributed by atoms with van der Waals surface area (Å²) in [6.45, 7) is 0.966. The number of carbonyl (C=O) groups excluding carboxylic acids is 1. The molecule has 0 radical (unpaired) electrons. The van der Waals surface area contributed by atoms with Gasteiger partial charge in [0.1, 0.15) is 11.7 Å². The summed E-state index contributed by atoms with van der Waals surface area (Å²) in [6, 6.07) is 3.44. The summed E-state index contributed by atoms with van der Waals surface area (Å²) in [5.41, 5.74) is 4.47. The quantitative estimate of drug-likeness (QED) is 0.583. The Balaban J connectivity index is 1.72. The third-order valence-corrected chi connectivity index (χ3v) is 7.19. The molecule has 2 aromatic carbocycles. The van der Waals surface area contributed by atoms with Crippen molar-refractivity contribution in [3.8, 4) is 28.7 Å². The van der Waals surface area contributed by atoms with E-state index in [1.54, 1.807) is 26.0 Å². The Labute approximate surface area is 197 Å². The molecule has 176 valence electrons. The average Bonchev–Trinajstić information content (AvgIpc) is 3.43. The number of ether oxygens (including phenoxy) is 6. The van der Waals surface area contributed by atoms with Crippen molar-refractivity contribution in [2.45, 2.75) is 24.3 Å². The van der Waals surface area contributed by atoms with Crippen LogP contribution in [0, 0.1) is 0 Å². The maximum atomic E-state index is 13.0. The third kappa shape index (κ3) is 3.20. The largest absolute Gasteiger partial charge is 0.493 e. The lowest BCUT2D eigenvalue weighted by molar-refractivity contribution is 0.00870. The summed E-state index contributed by atoms with van der Waals surface area (Å²) in [5, 5.41) is 0. The Kier molecular flexibility index (Phi) is 5.70. The molecule has 0 spiro atoms. The van der Waals surface area contributed by atoms with Crippen LogP contribution in [0.5, 0.6) is 28.7 Å². The number of benzene rings is 2. The van der Waals surface area contributed by atoms with Crippen molar-refractivity contribution in [1.29, 1.82) is 0 Å². The van der Waals surface area contributed by atoms with Gasteiger partial charge < -0.3 is 28.4 Å². The summed E-state index contributed by atoms with van der Waals surface area (Å²) >= 11 is 1.73. The van der Waals surface area contributed by atoms with Crippen LogP contribution in [0.2, 0.25) is 0 Å². The number of fused-ring (bicyclic) bond motifs is 3. The van der Waals surface area contributed by atoms with E-state index in [1.165, 1.54) is 12.7 Å². The van der Waals surface area contributed by atoms with Crippen LogP contribution >= 0.6 is 11.8 Å². The summed E-state index contributed by atoms with van der Waals surface area (Å²) in [4.78, 5) is 15.2. The van der Waals surface area contributed by atoms with Gasteiger partial charge in [0.15, 0.2) is 23.0 Å². The summed E-state index contributed by atoms with van der Waals surface area (Å²) in [6.07, 6.45) is 2.37. The van der Waals surface area contributed by atoms with Crippen molar-refractivity contribution < 1.29 is 33.2 Å². The molecule has 0 saturated carbocycles. The van der Waals surface area contributed by atoms with Crippen LogP contribution in [0.15, 0.2) is 12.1 Å². The lowest BCUT2D eigenvalue weighted by Gasteiger charge is -2.39. The first kappa shape index (κ1) is 22.0. The fraction of sp³-hybridized carbons (Fsp3) is 0.458. The topological polar surface area (TPSA) is 75.7 Å². The number of nitrogens with zero attached hydrogens (tertiary/aromatic N) is 1. The van der Waals surface area contributed by atoms with Gasteiger partial charge in [-0.2, -0.15) is 11.8 Å². The fourth-order valence-electron chi connectivity index (χ4n) is 5.22. The molecule has 9 heteroatoms. The number of hydrogen-bond acceptors (Lipinski definition) is 9. The zero-order valence-corrected chi connectivity index (χ0v) is 20.2. The SMILES string of the molecule is COc1ccc2c(c1OC)C(=O)O[C@@H]2[C@H]1c2c(c(CSC)c3c(c2OC)OCO3)CCN1C. The van der Waals surface area contributed by atoms with Crippen molar-refractivity contribution in [2.75, 3.05) is 48.0 Å². The maximum Gasteiger partial charge on any atom is 0.343 e. The van der Waals surface area contributed by atoms with Crippen LogP contribution in [0.4, 0.5) is 0 Å². The number of cyclic esters (lactones) is 1. The average molecular weight is 474 g/mol. The van der Waals surface area contributed by atoms with Gasteiger partial charge in [-0.15, -0.1) is 0 Å². The first-order chi connectivity index (χ1) is 16.0. The molecular weight excluding hydrogens is 446 g/mol. The van der Waals surface area contributed by atoms with Crippen LogP contribution in [0.1, 0.15) is 44.8 Å². The van der Waals surface area contributed by atoms with Gasteiger partial charge in [0.25, 0.3) is 0 Å². The van der Waals surface area contributed by atoms with Crippen LogP contribution in [-0.2, 0) is 16.9 Å². The molecule has 3 aliphatic heterocycles. The second kappa shape index (κ2) is 8.53. The molecular formula is C24H27NO7S. The summed E-state index contributed by atoms with van der Waals surface area (Å²) < 4.78 is 34.6. The van der Waals surface area contributed by atoms with Gasteiger partial charge in [-0.05, 0) is 31.4 Å². The lowest BCUT2D eigenvalue weighted by Crippen LogP contribution is -2.37. The monoisotopic (exact) mass is 473 g/mol. The van der Waals surface area contributed by atoms with E-state index in [-0.39, 0.29) is 12.8 Å². The van der Waals surface area contributed by atoms with E-state index in [2.05, 4.69) is 11.2 Å². The van der Waals surface area contributed by atoms with Gasteiger partial charge in [0.2, 0.25) is 12.5 Å². The number of likely N-dealkylation sites (N-methyl/N-ethyl adjacent to an activating group) is 1. The van der Waals surface area contributed by atoms with E-state index < -0.39 is 12.1 Å². The molecule has 0 aromatic heterocycles. The van der Waals surface area contributed by atoms with Crippen LogP contribution in [-0.4, -0.2) is 58.8 Å². The maximum absolute atomic E-state index is 13.0. The van der Waals surface area contributed by atoms with Gasteiger partial charge >= 0.3 is 5.97 Å². The highest BCUT2D eigenvalue weighted by Crippen LogP contribution is 2.57. The van der Waals surface area contributed by atoms with Crippen molar-refractivity contribution >= 4 is 17.7 Å². The first-order valence-corrected chi connectivity index (χ1v) is 12.1. The molecule has 0 unspecified atom stereocenters. The minimum atomic E-state index is -0.534. The van der Waals surface area contributed by atoms with Gasteiger partial charge in [-0.3, -0.25) is 4.90 Å². The third-order valence-electron chi connectivity index (χ3n) is 6.61. The smallest absolute Gasteiger partial charge is 0.343 e. The van der Waals surface area contributed by atoms with E-state index in [9.17, 15) is 4.79 Å². The van der Waals surface area contributed by atoms with Crippen molar-refractivity contribution in [1.82, 2.24) is 4.90 Å². The molecule has 0 aliphatic carbocycles. The van der Waals surface area contributed by atoms with E-state index >= 15 is 0 Å². The summed E-state index contributed by atoms with van der Waals surface area (Å²) in [5.74, 6) is 3.28. The molecule has 3 aliphatic rings. The molecule has 2 atom stereocenters. The fourth-order valence-corrected chi connectivity index (χ4v) is 5.81. The van der Waals surface area contributed by atoms with Crippen LogP contribution in [0.25, 0.3) is 0 Å². The Hall–Kier alpha value is -2.78. The van der Waals surface area contributed by atoms with Crippen molar-refractivity contribution in [3.05, 3.63) is 39.9 Å². The zero-order chi connectivity index (χ0) is 23.3. The molecule has 33 heavy (non-hydrogen) atoms. The second-order valence-electron chi connectivity index (χ2n) is 8.17. The van der Waals surface area contributed by atoms with E-state index in [1.807, 2.05) is 19.2 Å². The number of methoxy groups -OCH3 is 3. The highest BCUT2D eigenvalue weighted by atomic mass is 32.2. The van der Waals surface area contributed by atoms with Gasteiger partial charge in [-0.25, -0.2) is 4.79 Å². The van der Waals surface area contributed by atoms with Crippen molar-refractivity contribution in [2.24, 2.45) is 0 Å². The molecule has 2 aromatic rings. The number of rotatable bonds is 6. The van der Waals surface area contributed by atoms with Crippen LogP contribution < -0.4 is 23.7 Å². The highest BCUT2D eigenvalue weighted by molar-refractivity contribution is 7.97. The predicted octanol–water partition coefficient (Wildman–Crippen LogP) is 3.74. The van der Waals surface area contributed by atoms with E-state index in [0.29, 0.717) is 28.6 Å². The molecule has 0 fully saturated rings. The molecule has 8 nitrogen and oxygen atoms in total. The van der Waals surface area contributed by atoms with Gasteiger partial charge in [0.05, 0.1) is 27.4 Å². The number of esters is 1. The molecule has 5 rings (SSSR count). The Morgan fingerprint density at radius 3 is 2.55 bits per heavy atom. The molecule has 0 amide bonds. The van der Waals surface area contributed by atoms with E-state index in [4.69, 9.17) is 28.4 Å². The molecule has 0 N–H and O–H groups in total. The van der Waals surface area contributed by atoms with E-state index in [0.717, 1.165) is 41.2 Å². The standard InChI is InChI=1S/C24H27NO7S/c1-25-9-8-12-14(10-33-5)20-23(31-11-30-20)22(29-4)16(12)18(25)19-13-6-7-15(27-2)21(28-3)17(13)24(26)32-19/h6-7,18-19H,8-11H2,1-5H3/t18-,19+/m1/s1. The van der Waals surface area contributed by atoms with Crippen LogP contribution in [0.3, 0.4) is 0 Å². The molecule has 0 saturated heterocycles. The lowest BCUT2D eigenvalue weighted by atomic mass is 9.83. The number of thioether (sulfide) groups is 1. The number of hydrogen-bond donors (Lipinski definition) is 0. The van der Waals surface area contributed by atoms with Gasteiger partial charge in [0, 0.05) is 29.0 Å². The molecule has 3 heterocycles. The Morgan fingerprint density at radius 2 is 1.85 bits per heavy atom. The minimum Gasteiger partial charge on any atom is -0.493 e. The normalized spacial score (nSPS) is 20.8. The minimum absolute atomic E-state index is 0.161. The first-order valence-electron chi connectivity index (χ1n) is 10.7. The Bertz CT molecular complexity index is 1120. The summed E-state index contributed by atoms with van der Waals surface area (Å²) in [7, 11) is 6.76.